The molecule has 0 bridgehead atoms. The molecule has 0 aliphatic carbocycles. The molecule has 2 aliphatic heterocycles. The fourth-order valence-electron chi connectivity index (χ4n) is 2.62. The average Bonchev–Trinajstić information content (AvgIpc) is 3.18. The van der Waals surface area contributed by atoms with Gasteiger partial charge in [0.15, 0.2) is 11.6 Å². The second-order valence-corrected chi connectivity index (χ2v) is 6.17. The Labute approximate surface area is 140 Å². The maximum Gasteiger partial charge on any atom is 0.205 e. The summed E-state index contributed by atoms with van der Waals surface area (Å²) in [7, 11) is 0. The largest absolute Gasteiger partial charge is 0.294 e. The molecular weight excluding hydrogens is 304 g/mol. The predicted octanol–water partition coefficient (Wildman–Crippen LogP) is 1.65. The maximum atomic E-state index is 12.4. The number of carbonyl (C=O) groups is 2. The van der Waals surface area contributed by atoms with Crippen LogP contribution in [-0.2, 0) is 22.4 Å². The number of aliphatic imine (C=N–C) groups is 4. The first-order valence-electron chi connectivity index (χ1n) is 7.74. The van der Waals surface area contributed by atoms with Crippen LogP contribution in [0.1, 0.15) is 25.0 Å². The maximum absolute atomic E-state index is 12.4. The van der Waals surface area contributed by atoms with Crippen LogP contribution in [0.15, 0.2) is 44.2 Å². The standard InChI is InChI=1S/C18H18N4O2/c1-17(19-6-7-20-17)15(23)11-13-4-3-5-14(10-13)12-16(24)18(2)21-8-9-22-18/h3-10H,11-12H2,1-2H3. The van der Waals surface area contributed by atoms with Crippen molar-refractivity contribution in [3.05, 3.63) is 35.4 Å². The molecule has 1 aromatic rings. The molecular formula is C18H18N4O2. The summed E-state index contributed by atoms with van der Waals surface area (Å²) in [5, 5.41) is 0. The monoisotopic (exact) mass is 322 g/mol. The first-order chi connectivity index (χ1) is 11.4. The third-order valence-electron chi connectivity index (χ3n) is 4.21. The van der Waals surface area contributed by atoms with Crippen LogP contribution >= 0.6 is 0 Å². The summed E-state index contributed by atoms with van der Waals surface area (Å²) in [5.74, 6) is -0.152. The fraction of sp³-hybridized carbons (Fsp3) is 0.333. The van der Waals surface area contributed by atoms with E-state index < -0.39 is 11.3 Å². The van der Waals surface area contributed by atoms with Gasteiger partial charge in [0.1, 0.15) is 0 Å². The highest BCUT2D eigenvalue weighted by Gasteiger charge is 2.33. The lowest BCUT2D eigenvalue weighted by Gasteiger charge is -2.17. The number of benzene rings is 1. The van der Waals surface area contributed by atoms with E-state index in [1.54, 1.807) is 13.8 Å². The van der Waals surface area contributed by atoms with Crippen molar-refractivity contribution >= 4 is 36.4 Å². The van der Waals surface area contributed by atoms with Crippen LogP contribution in [0.2, 0.25) is 0 Å². The lowest BCUT2D eigenvalue weighted by atomic mass is 9.96. The molecule has 0 N–H and O–H groups in total. The van der Waals surface area contributed by atoms with Gasteiger partial charge in [-0.3, -0.25) is 29.6 Å². The van der Waals surface area contributed by atoms with Crippen LogP contribution in [-0.4, -0.2) is 47.8 Å². The molecule has 0 amide bonds. The summed E-state index contributed by atoms with van der Waals surface area (Å²) in [5.41, 5.74) is -0.362. The number of hydrogen-bond acceptors (Lipinski definition) is 6. The molecule has 0 saturated carbocycles. The smallest absolute Gasteiger partial charge is 0.205 e. The fourth-order valence-corrected chi connectivity index (χ4v) is 2.62. The summed E-state index contributed by atoms with van der Waals surface area (Å²) >= 11 is 0. The molecule has 3 rings (SSSR count). The molecule has 0 aromatic heterocycles. The summed E-state index contributed by atoms with van der Waals surface area (Å²) in [6, 6.07) is 7.45. The van der Waals surface area contributed by atoms with Crippen LogP contribution in [0.5, 0.6) is 0 Å². The van der Waals surface area contributed by atoms with Crippen LogP contribution < -0.4 is 0 Å². The number of hydrogen-bond donors (Lipinski definition) is 0. The molecule has 1 aromatic carbocycles. The molecule has 6 heteroatoms. The molecule has 0 unspecified atom stereocenters. The molecule has 0 spiro atoms. The van der Waals surface area contributed by atoms with Crippen molar-refractivity contribution in [2.45, 2.75) is 38.0 Å². The third kappa shape index (κ3) is 3.13. The Morgan fingerprint density at radius 2 is 1.17 bits per heavy atom. The van der Waals surface area contributed by atoms with Gasteiger partial charge in [0.2, 0.25) is 11.3 Å². The van der Waals surface area contributed by atoms with Gasteiger partial charge in [0, 0.05) is 37.7 Å². The first-order valence-corrected chi connectivity index (χ1v) is 7.74. The molecule has 0 atom stereocenters. The molecule has 24 heavy (non-hydrogen) atoms. The second kappa shape index (κ2) is 6.03. The Balaban J connectivity index is 1.70. The third-order valence-corrected chi connectivity index (χ3v) is 4.21. The molecule has 0 fully saturated rings. The molecule has 0 saturated heterocycles. The Kier molecular flexibility index (Phi) is 4.05. The highest BCUT2D eigenvalue weighted by molar-refractivity contribution is 6.20. The van der Waals surface area contributed by atoms with Crippen molar-refractivity contribution in [1.82, 2.24) is 0 Å². The van der Waals surface area contributed by atoms with Gasteiger partial charge in [-0.1, -0.05) is 24.3 Å². The topological polar surface area (TPSA) is 83.6 Å². The van der Waals surface area contributed by atoms with Gasteiger partial charge < -0.3 is 0 Å². The van der Waals surface area contributed by atoms with Gasteiger partial charge in [-0.05, 0) is 25.0 Å². The van der Waals surface area contributed by atoms with E-state index in [1.807, 2.05) is 24.3 Å². The quantitative estimate of drug-likeness (QED) is 0.798. The zero-order valence-corrected chi connectivity index (χ0v) is 13.6. The van der Waals surface area contributed by atoms with Crippen molar-refractivity contribution in [3.63, 3.8) is 0 Å². The van der Waals surface area contributed by atoms with Crippen LogP contribution in [0.25, 0.3) is 0 Å². The number of carbonyl (C=O) groups excluding carboxylic acids is 2. The van der Waals surface area contributed by atoms with E-state index in [-0.39, 0.29) is 24.4 Å². The number of nitrogens with zero attached hydrogens (tertiary/aromatic N) is 4. The van der Waals surface area contributed by atoms with Crippen LogP contribution in [0.4, 0.5) is 0 Å². The van der Waals surface area contributed by atoms with Gasteiger partial charge in [-0.2, -0.15) is 0 Å². The number of rotatable bonds is 6. The SMILES string of the molecule is CC1(C(=O)Cc2cccc(CC(=O)C3(C)N=CC=N3)c2)N=CC=N1. The van der Waals surface area contributed by atoms with Crippen molar-refractivity contribution in [1.29, 1.82) is 0 Å². The van der Waals surface area contributed by atoms with E-state index in [0.29, 0.717) is 0 Å². The Hall–Kier alpha value is -2.76. The Bertz CT molecular complexity index is 718. The number of ketones is 2. The zero-order valence-electron chi connectivity index (χ0n) is 13.6. The highest BCUT2D eigenvalue weighted by Crippen LogP contribution is 2.21. The summed E-state index contributed by atoms with van der Waals surface area (Å²) < 4.78 is 0. The van der Waals surface area contributed by atoms with E-state index in [9.17, 15) is 9.59 Å². The normalized spacial score (nSPS) is 19.1. The predicted molar refractivity (Wildman–Crippen MR) is 94.6 cm³/mol. The van der Waals surface area contributed by atoms with Crippen molar-refractivity contribution in [3.8, 4) is 0 Å². The second-order valence-electron chi connectivity index (χ2n) is 6.17. The minimum atomic E-state index is -1.02. The molecule has 2 aliphatic rings. The van der Waals surface area contributed by atoms with E-state index in [1.165, 1.54) is 24.9 Å². The summed E-state index contributed by atoms with van der Waals surface area (Å²) in [6.07, 6.45) is 6.60. The summed E-state index contributed by atoms with van der Waals surface area (Å²) in [4.78, 5) is 41.2. The van der Waals surface area contributed by atoms with Crippen molar-refractivity contribution in [2.24, 2.45) is 20.0 Å². The highest BCUT2D eigenvalue weighted by atomic mass is 16.1. The molecule has 122 valence electrons. The Morgan fingerprint density at radius 1 is 0.792 bits per heavy atom. The van der Waals surface area contributed by atoms with E-state index in [4.69, 9.17) is 0 Å². The van der Waals surface area contributed by atoms with Gasteiger partial charge in [0.05, 0.1) is 0 Å². The Morgan fingerprint density at radius 3 is 1.54 bits per heavy atom. The zero-order chi connectivity index (χ0) is 17.2. The van der Waals surface area contributed by atoms with Gasteiger partial charge in [0.25, 0.3) is 0 Å². The van der Waals surface area contributed by atoms with E-state index in [0.717, 1.165) is 11.1 Å². The number of Topliss-reactive ketones (excluding diaryl/α,β-unsaturated/α-hetero) is 2. The van der Waals surface area contributed by atoms with Crippen molar-refractivity contribution in [2.75, 3.05) is 0 Å². The minimum Gasteiger partial charge on any atom is -0.294 e. The molecule has 0 radical (unpaired) electrons. The lowest BCUT2D eigenvalue weighted by Crippen LogP contribution is -2.31. The van der Waals surface area contributed by atoms with Gasteiger partial charge >= 0.3 is 0 Å². The average molecular weight is 322 g/mol. The van der Waals surface area contributed by atoms with Crippen molar-refractivity contribution < 1.29 is 9.59 Å². The lowest BCUT2D eigenvalue weighted by molar-refractivity contribution is -0.123. The minimum absolute atomic E-state index is 0.0760. The van der Waals surface area contributed by atoms with Crippen LogP contribution in [0, 0.1) is 0 Å². The molecule has 6 nitrogen and oxygen atoms in total. The van der Waals surface area contributed by atoms with E-state index >= 15 is 0 Å². The van der Waals surface area contributed by atoms with Crippen LogP contribution in [0.3, 0.4) is 0 Å². The van der Waals surface area contributed by atoms with E-state index in [2.05, 4.69) is 20.0 Å². The molecule has 2 heterocycles. The first kappa shape index (κ1) is 16.1. The van der Waals surface area contributed by atoms with Gasteiger partial charge in [-0.15, -0.1) is 0 Å². The summed E-state index contributed by atoms with van der Waals surface area (Å²) in [6.45, 7) is 3.39. The van der Waals surface area contributed by atoms with Gasteiger partial charge in [-0.25, -0.2) is 0 Å².